The average molecular weight is 653 g/mol. The molecule has 1 aliphatic heterocycles. The molecule has 0 radical (unpaired) electrons. The van der Waals surface area contributed by atoms with Gasteiger partial charge in [-0.25, -0.2) is 31.5 Å². The number of piperazine rings is 1. The quantitative estimate of drug-likeness (QED) is 0.299. The van der Waals surface area contributed by atoms with E-state index in [0.717, 1.165) is 23.0 Å². The van der Waals surface area contributed by atoms with Crippen LogP contribution in [0.2, 0.25) is 0 Å². The highest BCUT2D eigenvalue weighted by Crippen LogP contribution is 2.36. The number of hydrogen-bond donors (Lipinski definition) is 1. The molecule has 0 bridgehead atoms. The highest BCUT2D eigenvalue weighted by atomic mass is 32.2. The highest BCUT2D eigenvalue weighted by molar-refractivity contribution is 7.90. The molecule has 0 unspecified atom stereocenters. The maximum Gasteiger partial charge on any atom is 0.355 e. The number of fused-ring (bicyclic) bond motifs is 1. The number of rotatable bonds is 7. The molecule has 14 heteroatoms. The van der Waals surface area contributed by atoms with E-state index < -0.39 is 44.2 Å². The number of halogens is 2. The number of carbonyl (C=O) groups excluding carboxylic acids is 1. The fourth-order valence-corrected chi connectivity index (χ4v) is 6.54. The highest BCUT2D eigenvalue weighted by Gasteiger charge is 2.31. The average Bonchev–Trinajstić information content (AvgIpc) is 2.97. The van der Waals surface area contributed by atoms with Crippen LogP contribution in [0.1, 0.15) is 12.5 Å². The molecule has 2 aromatic carbocycles. The molecular formula is C32H34F2N6O5S. The van der Waals surface area contributed by atoms with Gasteiger partial charge in [-0.2, -0.15) is 4.98 Å². The number of hydrogen-bond acceptors (Lipinski definition) is 9. The molecule has 1 fully saturated rings. The summed E-state index contributed by atoms with van der Waals surface area (Å²) in [5.41, 5.74) is -1.82. The van der Waals surface area contributed by atoms with Gasteiger partial charge in [-0.15, -0.1) is 0 Å². The minimum Gasteiger partial charge on any atom is -0.507 e. The molecule has 11 nitrogen and oxygen atoms in total. The van der Waals surface area contributed by atoms with Crippen molar-refractivity contribution in [2.24, 2.45) is 0 Å². The first-order valence-corrected chi connectivity index (χ1v) is 16.4. The monoisotopic (exact) mass is 652 g/mol. The summed E-state index contributed by atoms with van der Waals surface area (Å²) in [4.78, 5) is 40.6. The van der Waals surface area contributed by atoms with Crippen molar-refractivity contribution >= 4 is 32.6 Å². The van der Waals surface area contributed by atoms with Crippen molar-refractivity contribution in [1.82, 2.24) is 24.3 Å². The van der Waals surface area contributed by atoms with Gasteiger partial charge >= 0.3 is 5.69 Å². The van der Waals surface area contributed by atoms with Crippen LogP contribution in [0.5, 0.6) is 5.75 Å². The van der Waals surface area contributed by atoms with E-state index in [2.05, 4.69) is 9.97 Å². The number of anilines is 1. The van der Waals surface area contributed by atoms with Gasteiger partial charge in [0.1, 0.15) is 23.1 Å². The normalized spacial score (nSPS) is 15.8. The first-order chi connectivity index (χ1) is 21.7. The SMILES string of the molecule is Cc1cccc(S(C)(=O)=O)c1-n1c(=O)nc(N2CCN(C(=O)/C=C/CN(C)C)C[C@@H]2C)c2cc(F)c(-c3c(O)cccc3F)nc21. The van der Waals surface area contributed by atoms with E-state index in [0.29, 0.717) is 12.1 Å². The summed E-state index contributed by atoms with van der Waals surface area (Å²) >= 11 is 0. The van der Waals surface area contributed by atoms with Gasteiger partial charge in [0, 0.05) is 44.6 Å². The number of nitrogens with zero attached hydrogens (tertiary/aromatic N) is 6. The molecule has 0 spiro atoms. The summed E-state index contributed by atoms with van der Waals surface area (Å²) in [5.74, 6) is -2.62. The molecule has 1 amide bonds. The third kappa shape index (κ3) is 6.22. The lowest BCUT2D eigenvalue weighted by Gasteiger charge is -2.40. The first kappa shape index (κ1) is 32.7. The fourth-order valence-electron chi connectivity index (χ4n) is 5.61. The zero-order valence-electron chi connectivity index (χ0n) is 26.0. The second-order valence-electron chi connectivity index (χ2n) is 11.6. The van der Waals surface area contributed by atoms with Crippen molar-refractivity contribution in [1.29, 1.82) is 0 Å². The van der Waals surface area contributed by atoms with E-state index in [-0.39, 0.29) is 59.0 Å². The second-order valence-corrected chi connectivity index (χ2v) is 13.5. The number of sulfone groups is 1. The lowest BCUT2D eigenvalue weighted by Crippen LogP contribution is -2.54. The van der Waals surface area contributed by atoms with E-state index in [1.54, 1.807) is 28.9 Å². The molecule has 1 aliphatic rings. The minimum atomic E-state index is -3.88. The van der Waals surface area contributed by atoms with Crippen LogP contribution < -0.4 is 10.6 Å². The summed E-state index contributed by atoms with van der Waals surface area (Å²) in [6.45, 7) is 4.85. The number of pyridine rings is 1. The molecule has 46 heavy (non-hydrogen) atoms. The topological polar surface area (TPSA) is 129 Å². The lowest BCUT2D eigenvalue weighted by atomic mass is 10.1. The predicted molar refractivity (Wildman–Crippen MR) is 171 cm³/mol. The van der Waals surface area contributed by atoms with Gasteiger partial charge in [0.2, 0.25) is 5.91 Å². The first-order valence-electron chi connectivity index (χ1n) is 14.5. The van der Waals surface area contributed by atoms with E-state index in [1.165, 1.54) is 30.3 Å². The van der Waals surface area contributed by atoms with Gasteiger partial charge in [0.25, 0.3) is 0 Å². The maximum absolute atomic E-state index is 15.9. The Bertz CT molecular complexity index is 2030. The van der Waals surface area contributed by atoms with Crippen LogP contribution in [0.25, 0.3) is 28.0 Å². The number of phenols is 1. The molecule has 1 saturated heterocycles. The lowest BCUT2D eigenvalue weighted by molar-refractivity contribution is -0.126. The summed E-state index contributed by atoms with van der Waals surface area (Å²) in [5, 5.41) is 10.5. The molecule has 0 saturated carbocycles. The largest absolute Gasteiger partial charge is 0.507 e. The molecule has 3 heterocycles. The Morgan fingerprint density at radius 3 is 2.48 bits per heavy atom. The molecule has 1 N–H and O–H groups in total. The zero-order chi connectivity index (χ0) is 33.5. The summed E-state index contributed by atoms with van der Waals surface area (Å²) in [6, 6.07) is 8.61. The van der Waals surface area contributed by atoms with Crippen molar-refractivity contribution in [3.8, 4) is 22.7 Å². The Morgan fingerprint density at radius 2 is 1.83 bits per heavy atom. The molecule has 0 aliphatic carbocycles. The number of carbonyl (C=O) groups is 1. The van der Waals surface area contributed by atoms with Crippen LogP contribution >= 0.6 is 0 Å². The Kier molecular flexibility index (Phi) is 8.96. The van der Waals surface area contributed by atoms with E-state index in [4.69, 9.17) is 0 Å². The van der Waals surface area contributed by atoms with Crippen molar-refractivity contribution in [2.45, 2.75) is 24.8 Å². The Hall–Kier alpha value is -4.69. The summed E-state index contributed by atoms with van der Waals surface area (Å²) < 4.78 is 57.6. The smallest absolute Gasteiger partial charge is 0.355 e. The summed E-state index contributed by atoms with van der Waals surface area (Å²) in [6.07, 6.45) is 4.27. The van der Waals surface area contributed by atoms with E-state index in [1.807, 2.05) is 25.9 Å². The van der Waals surface area contributed by atoms with Crippen LogP contribution in [0, 0.1) is 18.6 Å². The number of benzene rings is 2. The second kappa shape index (κ2) is 12.6. The maximum atomic E-state index is 15.9. The van der Waals surface area contributed by atoms with Gasteiger partial charge in [0.05, 0.1) is 21.5 Å². The third-order valence-electron chi connectivity index (χ3n) is 7.80. The number of amides is 1. The van der Waals surface area contributed by atoms with Gasteiger partial charge in [-0.3, -0.25) is 4.79 Å². The molecule has 4 aromatic rings. The van der Waals surface area contributed by atoms with E-state index >= 15 is 4.39 Å². The third-order valence-corrected chi connectivity index (χ3v) is 8.92. The van der Waals surface area contributed by atoms with Crippen LogP contribution in [-0.4, -0.2) is 96.3 Å². The fraction of sp³-hybridized carbons (Fsp3) is 0.312. The van der Waals surface area contributed by atoms with Crippen LogP contribution in [0.3, 0.4) is 0 Å². The Balaban J connectivity index is 1.73. The van der Waals surface area contributed by atoms with Gasteiger partial charge in [0.15, 0.2) is 21.3 Å². The number of likely N-dealkylation sites (N-methyl/N-ethyl adjacent to an activating group) is 1. The van der Waals surface area contributed by atoms with Gasteiger partial charge in [-0.1, -0.05) is 24.3 Å². The zero-order valence-corrected chi connectivity index (χ0v) is 26.8. The molecule has 5 rings (SSSR count). The van der Waals surface area contributed by atoms with Crippen LogP contribution in [-0.2, 0) is 14.6 Å². The van der Waals surface area contributed by atoms with Crippen molar-refractivity contribution in [3.05, 3.63) is 82.3 Å². The molecule has 2 aromatic heterocycles. The van der Waals surface area contributed by atoms with Crippen LogP contribution in [0.4, 0.5) is 14.6 Å². The number of aryl methyl sites for hydroxylation is 1. The predicted octanol–water partition coefficient (Wildman–Crippen LogP) is 3.30. The Morgan fingerprint density at radius 1 is 1.11 bits per heavy atom. The molecule has 242 valence electrons. The number of aromatic nitrogens is 3. The standard InChI is InChI=1S/C32H34F2N6O5S/c1-19-9-6-12-25(46(5,44)45)29(19)40-31-21(17-23(34)28(35-31)27-22(33)10-7-11-24(27)41)30(36-32(40)43)39-16-15-38(18-20(39)2)26(42)13-8-14-37(3)4/h6-13,17,20,41H,14-16,18H2,1-5H3/b13-8+/t20-/m0/s1. The Labute approximate surface area is 264 Å². The molecule has 1 atom stereocenters. The number of phenolic OH excluding ortho intramolecular Hbond substituents is 1. The van der Waals surface area contributed by atoms with Crippen molar-refractivity contribution < 1.29 is 27.1 Å². The molecular weight excluding hydrogens is 618 g/mol. The van der Waals surface area contributed by atoms with Crippen molar-refractivity contribution in [2.75, 3.05) is 51.4 Å². The van der Waals surface area contributed by atoms with E-state index in [9.17, 15) is 27.5 Å². The minimum absolute atomic E-state index is 0.0326. The van der Waals surface area contributed by atoms with Crippen molar-refractivity contribution in [3.63, 3.8) is 0 Å². The number of aromatic hydroxyl groups is 1. The van der Waals surface area contributed by atoms with Crippen LogP contribution in [0.15, 0.2) is 64.3 Å². The van der Waals surface area contributed by atoms with Gasteiger partial charge < -0.3 is 19.8 Å². The summed E-state index contributed by atoms with van der Waals surface area (Å²) in [7, 11) is -0.103. The number of para-hydroxylation sites is 1. The van der Waals surface area contributed by atoms with Gasteiger partial charge in [-0.05, 0) is 57.8 Å².